The van der Waals surface area contributed by atoms with Gasteiger partial charge in [-0.15, -0.1) is 11.3 Å². The van der Waals surface area contributed by atoms with Gasteiger partial charge < -0.3 is 19.5 Å². The Kier molecular flexibility index (Phi) is 5.96. The average Bonchev–Trinajstić information content (AvgIpc) is 3.16. The molecular weight excluding hydrogens is 378 g/mol. The van der Waals surface area contributed by atoms with E-state index < -0.39 is 5.97 Å². The van der Waals surface area contributed by atoms with Crippen molar-refractivity contribution >= 4 is 28.9 Å². The molecule has 6 nitrogen and oxygen atoms in total. The van der Waals surface area contributed by atoms with E-state index in [1.807, 2.05) is 30.3 Å². The van der Waals surface area contributed by atoms with Crippen LogP contribution in [0.1, 0.15) is 20.0 Å². The quantitative estimate of drug-likeness (QED) is 0.621. The summed E-state index contributed by atoms with van der Waals surface area (Å²) in [6.07, 6.45) is 0. The first-order valence-corrected chi connectivity index (χ1v) is 9.20. The number of thiophene rings is 1. The van der Waals surface area contributed by atoms with Gasteiger partial charge in [-0.1, -0.05) is 30.3 Å². The van der Waals surface area contributed by atoms with Crippen molar-refractivity contribution in [1.29, 1.82) is 0 Å². The van der Waals surface area contributed by atoms with Crippen molar-refractivity contribution < 1.29 is 23.8 Å². The monoisotopic (exact) mass is 397 g/mol. The van der Waals surface area contributed by atoms with E-state index in [0.29, 0.717) is 27.6 Å². The minimum absolute atomic E-state index is 0.329. The highest BCUT2D eigenvalue weighted by molar-refractivity contribution is 7.18. The lowest BCUT2D eigenvalue weighted by Crippen LogP contribution is -2.14. The van der Waals surface area contributed by atoms with E-state index in [-0.39, 0.29) is 5.91 Å². The van der Waals surface area contributed by atoms with Crippen molar-refractivity contribution in [2.75, 3.05) is 26.6 Å². The summed E-state index contributed by atoms with van der Waals surface area (Å²) in [5.41, 5.74) is 1.72. The third-order valence-corrected chi connectivity index (χ3v) is 5.22. The number of rotatable bonds is 6. The molecule has 1 amide bonds. The summed E-state index contributed by atoms with van der Waals surface area (Å²) in [6.45, 7) is 0. The van der Waals surface area contributed by atoms with Crippen LogP contribution in [0.25, 0.3) is 10.4 Å². The molecule has 3 aromatic rings. The number of nitrogens with one attached hydrogen (secondary N) is 1. The lowest BCUT2D eigenvalue weighted by atomic mass is 10.1. The van der Waals surface area contributed by atoms with E-state index in [0.717, 1.165) is 10.4 Å². The molecule has 0 spiro atoms. The van der Waals surface area contributed by atoms with Gasteiger partial charge in [-0.3, -0.25) is 4.79 Å². The molecular formula is C21H19NO5S. The van der Waals surface area contributed by atoms with Gasteiger partial charge in [-0.25, -0.2) is 4.79 Å². The highest BCUT2D eigenvalue weighted by atomic mass is 32.1. The van der Waals surface area contributed by atoms with E-state index in [2.05, 4.69) is 5.32 Å². The van der Waals surface area contributed by atoms with Gasteiger partial charge in [0.1, 0.15) is 4.88 Å². The van der Waals surface area contributed by atoms with Crippen LogP contribution in [0.2, 0.25) is 0 Å². The van der Waals surface area contributed by atoms with Crippen LogP contribution in [0, 0.1) is 0 Å². The van der Waals surface area contributed by atoms with Crippen LogP contribution in [0.3, 0.4) is 0 Å². The first kappa shape index (κ1) is 19.4. The van der Waals surface area contributed by atoms with Crippen molar-refractivity contribution in [2.24, 2.45) is 0 Å². The first-order valence-electron chi connectivity index (χ1n) is 8.38. The molecule has 1 heterocycles. The molecule has 0 aliphatic heterocycles. The van der Waals surface area contributed by atoms with E-state index in [4.69, 9.17) is 14.2 Å². The van der Waals surface area contributed by atoms with Gasteiger partial charge in [-0.2, -0.15) is 0 Å². The summed E-state index contributed by atoms with van der Waals surface area (Å²) >= 11 is 1.26. The summed E-state index contributed by atoms with van der Waals surface area (Å²) in [6, 6.07) is 16.2. The van der Waals surface area contributed by atoms with Gasteiger partial charge >= 0.3 is 5.97 Å². The Hall–Kier alpha value is -3.32. The van der Waals surface area contributed by atoms with Crippen LogP contribution < -0.4 is 14.8 Å². The Bertz CT molecular complexity index is 997. The second-order valence-electron chi connectivity index (χ2n) is 5.73. The Labute approximate surface area is 166 Å². The normalized spacial score (nSPS) is 10.2. The number of benzene rings is 2. The summed E-state index contributed by atoms with van der Waals surface area (Å²) in [4.78, 5) is 26.1. The van der Waals surface area contributed by atoms with Gasteiger partial charge in [0.15, 0.2) is 11.5 Å². The molecule has 0 saturated heterocycles. The Morgan fingerprint density at radius 3 is 2.25 bits per heavy atom. The third kappa shape index (κ3) is 3.99. The largest absolute Gasteiger partial charge is 0.493 e. The fraction of sp³-hybridized carbons (Fsp3) is 0.143. The van der Waals surface area contributed by atoms with Crippen molar-refractivity contribution in [1.82, 2.24) is 0 Å². The topological polar surface area (TPSA) is 73.9 Å². The van der Waals surface area contributed by atoms with Crippen LogP contribution in [0.15, 0.2) is 54.6 Å². The average molecular weight is 397 g/mol. The van der Waals surface area contributed by atoms with Crippen LogP contribution >= 0.6 is 11.3 Å². The van der Waals surface area contributed by atoms with Gasteiger partial charge in [0.2, 0.25) is 0 Å². The highest BCUT2D eigenvalue weighted by Crippen LogP contribution is 2.36. The smallest absolute Gasteiger partial charge is 0.350 e. The van der Waals surface area contributed by atoms with Crippen molar-refractivity contribution in [3.8, 4) is 21.9 Å². The maximum Gasteiger partial charge on any atom is 0.350 e. The molecule has 2 aromatic carbocycles. The van der Waals surface area contributed by atoms with E-state index in [1.54, 1.807) is 24.3 Å². The Morgan fingerprint density at radius 1 is 0.893 bits per heavy atom. The molecule has 3 rings (SSSR count). The van der Waals surface area contributed by atoms with Crippen LogP contribution in [-0.2, 0) is 4.74 Å². The number of carbonyl (C=O) groups excluding carboxylic acids is 2. The zero-order chi connectivity index (χ0) is 20.1. The minimum Gasteiger partial charge on any atom is -0.493 e. The Balaban J connectivity index is 1.93. The molecule has 0 aliphatic carbocycles. The highest BCUT2D eigenvalue weighted by Gasteiger charge is 2.20. The molecule has 0 atom stereocenters. The second kappa shape index (κ2) is 8.58. The predicted octanol–water partition coefficient (Wildman–Crippen LogP) is 4.47. The number of esters is 1. The second-order valence-corrected chi connectivity index (χ2v) is 6.79. The summed E-state index contributed by atoms with van der Waals surface area (Å²) in [5.74, 6) is 0.0909. The zero-order valence-corrected chi connectivity index (χ0v) is 16.5. The van der Waals surface area contributed by atoms with Crippen LogP contribution in [0.5, 0.6) is 11.5 Å². The van der Waals surface area contributed by atoms with Crippen LogP contribution in [0.4, 0.5) is 5.69 Å². The first-order chi connectivity index (χ1) is 13.6. The van der Waals surface area contributed by atoms with Crippen LogP contribution in [-0.4, -0.2) is 33.2 Å². The molecule has 1 aromatic heterocycles. The third-order valence-electron chi connectivity index (χ3n) is 4.06. The number of hydrogen-bond acceptors (Lipinski definition) is 6. The van der Waals surface area contributed by atoms with Gasteiger partial charge in [0.05, 0.1) is 27.0 Å². The molecule has 0 saturated carbocycles. The lowest BCUT2D eigenvalue weighted by molar-refractivity contribution is 0.0607. The number of amides is 1. The number of methoxy groups -OCH3 is 3. The molecule has 7 heteroatoms. The van der Waals surface area contributed by atoms with E-state index in [9.17, 15) is 9.59 Å². The molecule has 28 heavy (non-hydrogen) atoms. The number of carbonyl (C=O) groups is 2. The molecule has 0 unspecified atom stereocenters. The minimum atomic E-state index is -0.505. The van der Waals surface area contributed by atoms with E-state index in [1.165, 1.54) is 32.7 Å². The van der Waals surface area contributed by atoms with Gasteiger partial charge in [-0.05, 0) is 29.8 Å². The fourth-order valence-corrected chi connectivity index (χ4v) is 3.68. The summed E-state index contributed by atoms with van der Waals surface area (Å²) in [7, 11) is 4.33. The van der Waals surface area contributed by atoms with Crippen molar-refractivity contribution in [3.05, 3.63) is 65.0 Å². The van der Waals surface area contributed by atoms with E-state index >= 15 is 0 Å². The number of hydrogen-bond donors (Lipinski definition) is 1. The molecule has 0 aliphatic rings. The summed E-state index contributed by atoms with van der Waals surface area (Å²) in [5, 5.41) is 2.80. The molecule has 1 N–H and O–H groups in total. The Morgan fingerprint density at radius 2 is 1.61 bits per heavy atom. The van der Waals surface area contributed by atoms with Gasteiger partial charge in [0.25, 0.3) is 5.91 Å². The lowest BCUT2D eigenvalue weighted by Gasteiger charge is -2.10. The molecule has 0 radical (unpaired) electrons. The fourth-order valence-electron chi connectivity index (χ4n) is 2.64. The van der Waals surface area contributed by atoms with Crippen molar-refractivity contribution in [2.45, 2.75) is 0 Å². The summed E-state index contributed by atoms with van der Waals surface area (Å²) < 4.78 is 15.3. The van der Waals surface area contributed by atoms with Gasteiger partial charge in [0, 0.05) is 10.4 Å². The number of anilines is 1. The SMILES string of the molecule is COC(=O)c1sc(-c2ccccc2)cc1NC(=O)c1ccc(OC)c(OC)c1. The molecule has 0 bridgehead atoms. The standard InChI is InChI=1S/C21H19NO5S/c1-25-16-10-9-14(11-17(16)26-2)20(23)22-15-12-18(13-7-5-4-6-8-13)28-19(15)21(24)27-3/h4-12H,1-3H3,(H,22,23). The maximum atomic E-state index is 12.7. The molecule has 144 valence electrons. The predicted molar refractivity (Wildman–Crippen MR) is 109 cm³/mol. The molecule has 0 fully saturated rings. The maximum absolute atomic E-state index is 12.7. The zero-order valence-electron chi connectivity index (χ0n) is 15.6. The number of ether oxygens (including phenoxy) is 3. The van der Waals surface area contributed by atoms with Crippen molar-refractivity contribution in [3.63, 3.8) is 0 Å².